The van der Waals surface area contributed by atoms with Crippen LogP contribution in [0.3, 0.4) is 0 Å². The minimum absolute atomic E-state index is 0.0257. The van der Waals surface area contributed by atoms with E-state index in [4.69, 9.17) is 18.5 Å². The van der Waals surface area contributed by atoms with Gasteiger partial charge < -0.3 is 18.9 Å². The summed E-state index contributed by atoms with van der Waals surface area (Å²) in [6.07, 6.45) is 116. The SMILES string of the molecule is CC/C=C\C/C=C\C/C=C\C/C=C\C/C=C\C/C=C\C/C=C\C/C=C\CCCCCCCCCCCCCCC(=O)OC(COC(=O)CCCCCCCCCCCCCCCCCCCC/C=C\C/C=C\C/C=C\C/C=C\C/C=C\C/C=C\CC)COP(=O)(O)OCC[N+](C)(C)C. The van der Waals surface area contributed by atoms with Crippen LogP contribution in [-0.2, 0) is 32.7 Å². The molecule has 0 amide bonds. The minimum Gasteiger partial charge on any atom is -0.462 e. The van der Waals surface area contributed by atoms with Crippen LogP contribution >= 0.6 is 7.82 Å². The Labute approximate surface area is 604 Å². The Balaban J connectivity index is 4.01. The van der Waals surface area contributed by atoms with Crippen molar-refractivity contribution in [1.82, 2.24) is 0 Å². The third-order valence-corrected chi connectivity index (χ3v) is 17.7. The highest BCUT2D eigenvalue weighted by Crippen LogP contribution is 2.43. The van der Waals surface area contributed by atoms with Gasteiger partial charge in [0.1, 0.15) is 19.8 Å². The van der Waals surface area contributed by atoms with E-state index < -0.39 is 26.5 Å². The monoisotopic (exact) mass is 1380 g/mol. The summed E-state index contributed by atoms with van der Waals surface area (Å²) in [6.45, 7) is 4.22. The lowest BCUT2D eigenvalue weighted by Crippen LogP contribution is -2.37. The number of esters is 2. The number of rotatable bonds is 72. The summed E-state index contributed by atoms with van der Waals surface area (Å²) < 4.78 is 34.8. The molecule has 10 heteroatoms. The summed E-state index contributed by atoms with van der Waals surface area (Å²) in [4.78, 5) is 36.0. The fourth-order valence-electron chi connectivity index (χ4n) is 10.7. The largest absolute Gasteiger partial charge is 0.472 e. The summed E-state index contributed by atoms with van der Waals surface area (Å²) in [6, 6.07) is 0. The van der Waals surface area contributed by atoms with Crippen molar-refractivity contribution in [1.29, 1.82) is 0 Å². The summed E-state index contributed by atoms with van der Waals surface area (Å²) in [5.41, 5.74) is 0. The Morgan fingerprint density at radius 3 is 0.816 bits per heavy atom. The zero-order valence-electron chi connectivity index (χ0n) is 63.7. The Bertz CT molecular complexity index is 2270. The number of ether oxygens (including phenoxy) is 2. The van der Waals surface area contributed by atoms with Gasteiger partial charge in [-0.15, -0.1) is 0 Å². The second kappa shape index (κ2) is 76.5. The number of unbranched alkanes of at least 4 members (excludes halogenated alkanes) is 30. The van der Waals surface area contributed by atoms with E-state index in [1.54, 1.807) is 0 Å². The van der Waals surface area contributed by atoms with Crippen molar-refractivity contribution >= 4 is 19.8 Å². The van der Waals surface area contributed by atoms with E-state index in [1.807, 2.05) is 21.1 Å². The maximum atomic E-state index is 12.9. The van der Waals surface area contributed by atoms with Crippen LogP contribution in [0.5, 0.6) is 0 Å². The van der Waals surface area contributed by atoms with E-state index in [2.05, 4.69) is 184 Å². The predicted molar refractivity (Wildman–Crippen MR) is 426 cm³/mol. The standard InChI is InChI=1S/C88H148NO8P/c1-6-8-10-12-14-16-18-20-22-24-26-28-30-32-34-36-38-40-42-44-46-48-50-52-54-56-58-60-62-64-66-68-70-72-74-76-78-80-87(90)94-84-86(85-96-98(92,93)95-83-82-89(3,4)5)97-88(91)81-79-77-75-73-71-69-67-65-63-61-59-57-55-53-51-49-47-45-43-41-39-37-35-33-31-29-27-25-23-21-19-17-15-13-11-9-7-2/h8-11,14-17,20-23,26-29,32-35,38-41,45,47,51,53,86H,6-7,12-13,18-19,24-25,30-31,36-37,42-44,46,48-50,52,54-85H2,1-5H3/p+1/b10-8-,11-9-,16-14-,17-15-,22-20-,23-21-,28-26-,29-27-,34-32-,35-33-,40-38-,41-39-,47-45-,53-51-. The molecule has 0 fully saturated rings. The van der Waals surface area contributed by atoms with Gasteiger partial charge in [-0.3, -0.25) is 18.6 Å². The van der Waals surface area contributed by atoms with Gasteiger partial charge in [0, 0.05) is 12.8 Å². The maximum Gasteiger partial charge on any atom is 0.472 e. The first-order chi connectivity index (χ1) is 48.0. The van der Waals surface area contributed by atoms with Crippen molar-refractivity contribution in [3.63, 3.8) is 0 Å². The fraction of sp³-hybridized carbons (Fsp3) is 0.659. The molecule has 2 atom stereocenters. The van der Waals surface area contributed by atoms with E-state index in [9.17, 15) is 19.0 Å². The molecule has 1 N–H and O–H groups in total. The first kappa shape index (κ1) is 93.4. The average Bonchev–Trinajstić information content (AvgIpc) is 1.08. The zero-order chi connectivity index (χ0) is 71.1. The lowest BCUT2D eigenvalue weighted by atomic mass is 10.0. The lowest BCUT2D eigenvalue weighted by molar-refractivity contribution is -0.870. The van der Waals surface area contributed by atoms with Crippen LogP contribution in [0.4, 0.5) is 0 Å². The van der Waals surface area contributed by atoms with Crippen molar-refractivity contribution < 1.29 is 42.1 Å². The Morgan fingerprint density at radius 2 is 0.551 bits per heavy atom. The number of allylic oxidation sites excluding steroid dienone is 28. The number of nitrogens with zero attached hydrogens (tertiary/aromatic N) is 1. The third kappa shape index (κ3) is 80.3. The third-order valence-electron chi connectivity index (χ3n) is 16.7. The van der Waals surface area contributed by atoms with Gasteiger partial charge in [0.15, 0.2) is 6.10 Å². The van der Waals surface area contributed by atoms with E-state index in [0.29, 0.717) is 17.4 Å². The Morgan fingerprint density at radius 1 is 0.316 bits per heavy atom. The lowest BCUT2D eigenvalue weighted by Gasteiger charge is -2.24. The molecule has 0 bridgehead atoms. The number of phosphoric ester groups is 1. The molecule has 0 aromatic heterocycles. The maximum absolute atomic E-state index is 12.9. The molecule has 98 heavy (non-hydrogen) atoms. The molecule has 558 valence electrons. The summed E-state index contributed by atoms with van der Waals surface area (Å²) in [5, 5.41) is 0. The molecule has 2 unspecified atom stereocenters. The predicted octanol–water partition coefficient (Wildman–Crippen LogP) is 26.8. The molecule has 0 saturated carbocycles. The van der Waals surface area contributed by atoms with Crippen LogP contribution in [0, 0.1) is 0 Å². The van der Waals surface area contributed by atoms with E-state index >= 15 is 0 Å². The molecule has 0 heterocycles. The van der Waals surface area contributed by atoms with Crippen molar-refractivity contribution in [3.8, 4) is 0 Å². The van der Waals surface area contributed by atoms with Crippen molar-refractivity contribution in [2.24, 2.45) is 0 Å². The fourth-order valence-corrected chi connectivity index (χ4v) is 11.5. The first-order valence-corrected chi connectivity index (χ1v) is 41.4. The van der Waals surface area contributed by atoms with Gasteiger partial charge in [-0.2, -0.15) is 0 Å². The highest BCUT2D eigenvalue weighted by atomic mass is 31.2. The van der Waals surface area contributed by atoms with E-state index in [0.717, 1.165) is 128 Å². The molecular weight excluding hydrogens is 1230 g/mol. The molecule has 0 aromatic rings. The van der Waals surface area contributed by atoms with E-state index in [-0.39, 0.29) is 32.0 Å². The van der Waals surface area contributed by atoms with Crippen LogP contribution in [0.25, 0.3) is 0 Å². The molecule has 0 aliphatic rings. The number of carbonyl (C=O) groups excluding carboxylic acids is 2. The van der Waals surface area contributed by atoms with Gasteiger partial charge in [-0.25, -0.2) is 4.57 Å². The highest BCUT2D eigenvalue weighted by molar-refractivity contribution is 7.47. The molecule has 0 rings (SSSR count). The van der Waals surface area contributed by atoms with Crippen molar-refractivity contribution in [2.45, 2.75) is 328 Å². The van der Waals surface area contributed by atoms with E-state index in [1.165, 1.54) is 161 Å². The average molecular weight is 1380 g/mol. The number of hydrogen-bond donors (Lipinski definition) is 1. The molecule has 0 aromatic carbocycles. The van der Waals surface area contributed by atoms with Gasteiger partial charge in [-0.1, -0.05) is 351 Å². The number of phosphoric acid groups is 1. The Kier molecular flexibility index (Phi) is 72.9. The normalized spacial score (nSPS) is 14.0. The van der Waals surface area contributed by atoms with Gasteiger partial charge in [0.25, 0.3) is 0 Å². The van der Waals surface area contributed by atoms with Crippen LogP contribution in [-0.4, -0.2) is 74.9 Å². The second-order valence-corrected chi connectivity index (χ2v) is 28.8. The van der Waals surface area contributed by atoms with Crippen molar-refractivity contribution in [2.75, 3.05) is 47.5 Å². The van der Waals surface area contributed by atoms with Gasteiger partial charge >= 0.3 is 19.8 Å². The quantitative estimate of drug-likeness (QED) is 0.0211. The number of hydrogen-bond acceptors (Lipinski definition) is 7. The molecule has 0 radical (unpaired) electrons. The first-order valence-electron chi connectivity index (χ1n) is 39.9. The zero-order valence-corrected chi connectivity index (χ0v) is 64.6. The van der Waals surface area contributed by atoms with Crippen LogP contribution in [0.2, 0.25) is 0 Å². The highest BCUT2D eigenvalue weighted by Gasteiger charge is 2.27. The number of likely N-dealkylation sites (N-methyl/N-ethyl adjacent to an activating group) is 1. The second-order valence-electron chi connectivity index (χ2n) is 27.3. The summed E-state index contributed by atoms with van der Waals surface area (Å²) in [5.74, 6) is -0.797. The smallest absolute Gasteiger partial charge is 0.462 e. The molecular formula is C88H149NO8P+. The van der Waals surface area contributed by atoms with Crippen LogP contribution in [0.15, 0.2) is 170 Å². The number of carbonyl (C=O) groups is 2. The molecule has 0 saturated heterocycles. The van der Waals surface area contributed by atoms with Gasteiger partial charge in [-0.05, 0) is 128 Å². The molecule has 9 nitrogen and oxygen atoms in total. The minimum atomic E-state index is -4.41. The van der Waals surface area contributed by atoms with Gasteiger partial charge in [0.05, 0.1) is 27.7 Å². The summed E-state index contributed by atoms with van der Waals surface area (Å²) >= 11 is 0. The molecule has 0 aliphatic carbocycles. The van der Waals surface area contributed by atoms with Crippen LogP contribution < -0.4 is 0 Å². The topological polar surface area (TPSA) is 108 Å². The van der Waals surface area contributed by atoms with Gasteiger partial charge in [0.2, 0.25) is 0 Å². The summed E-state index contributed by atoms with van der Waals surface area (Å²) in [7, 11) is 1.47. The van der Waals surface area contributed by atoms with Crippen molar-refractivity contribution in [3.05, 3.63) is 170 Å². The van der Waals surface area contributed by atoms with Crippen LogP contribution in [0.1, 0.15) is 322 Å². The number of quaternary nitrogens is 1. The molecule has 0 spiro atoms. The Hall–Kier alpha value is -4.63. The molecule has 0 aliphatic heterocycles.